The van der Waals surface area contributed by atoms with Crippen LogP contribution in [0.4, 0.5) is 4.39 Å². The normalized spacial score (nSPS) is 11.5. The van der Waals surface area contributed by atoms with E-state index in [9.17, 15) is 18.8 Å². The Balaban J connectivity index is 1.64. The van der Waals surface area contributed by atoms with E-state index in [1.165, 1.54) is 42.3 Å². The van der Waals surface area contributed by atoms with Gasteiger partial charge in [-0.3, -0.25) is 14.4 Å². The molecule has 2 amide bonds. The third-order valence-electron chi connectivity index (χ3n) is 5.42. The van der Waals surface area contributed by atoms with Crippen molar-refractivity contribution in [1.82, 2.24) is 20.1 Å². The molecule has 2 heterocycles. The number of pyridine rings is 1. The molecule has 0 aliphatic heterocycles. The number of nitrogens with zero attached hydrogens (tertiary/aromatic N) is 3. The summed E-state index contributed by atoms with van der Waals surface area (Å²) in [5.74, 6) is -2.58. The summed E-state index contributed by atoms with van der Waals surface area (Å²) in [5.41, 5.74) is 6.88. The minimum Gasteiger partial charge on any atom is -0.496 e. The van der Waals surface area contributed by atoms with Crippen LogP contribution in [0, 0.1) is 5.82 Å². The summed E-state index contributed by atoms with van der Waals surface area (Å²) < 4.78 is 20.5. The zero-order valence-electron chi connectivity index (χ0n) is 19.2. The van der Waals surface area contributed by atoms with Gasteiger partial charge >= 0.3 is 0 Å². The molecular weight excluding hydrogens is 465 g/mol. The molecule has 3 N–H and O–H groups in total. The second-order valence-corrected chi connectivity index (χ2v) is 7.81. The fourth-order valence-electron chi connectivity index (χ4n) is 3.69. The van der Waals surface area contributed by atoms with E-state index in [4.69, 9.17) is 10.5 Å². The summed E-state index contributed by atoms with van der Waals surface area (Å²) in [4.78, 5) is 41.5. The van der Waals surface area contributed by atoms with E-state index in [0.29, 0.717) is 17.0 Å². The van der Waals surface area contributed by atoms with E-state index in [-0.39, 0.29) is 17.8 Å². The van der Waals surface area contributed by atoms with Crippen molar-refractivity contribution in [1.29, 1.82) is 0 Å². The zero-order chi connectivity index (χ0) is 25.7. The lowest BCUT2D eigenvalue weighted by molar-refractivity contribution is -0.137. The largest absolute Gasteiger partial charge is 0.496 e. The SMILES string of the molecule is COc1ccc(F)cc1-c1ccn(-c2ncccc2C(=O)NC(Cc2ccccc2)C(=O)C(N)=O)n1. The number of methoxy groups -OCH3 is 1. The molecule has 182 valence electrons. The third-order valence-corrected chi connectivity index (χ3v) is 5.42. The first-order chi connectivity index (χ1) is 17.4. The number of rotatable bonds is 9. The van der Waals surface area contributed by atoms with Crippen LogP contribution in [-0.4, -0.2) is 45.5 Å². The van der Waals surface area contributed by atoms with Gasteiger partial charge in [0.25, 0.3) is 11.8 Å². The average molecular weight is 487 g/mol. The van der Waals surface area contributed by atoms with Crippen molar-refractivity contribution in [2.75, 3.05) is 7.11 Å². The third kappa shape index (κ3) is 5.27. The molecule has 0 spiro atoms. The van der Waals surface area contributed by atoms with Gasteiger partial charge in [0.1, 0.15) is 17.6 Å². The molecule has 4 aromatic rings. The molecule has 4 rings (SSSR count). The van der Waals surface area contributed by atoms with E-state index in [1.54, 1.807) is 42.6 Å². The van der Waals surface area contributed by atoms with Crippen LogP contribution >= 0.6 is 0 Å². The van der Waals surface area contributed by atoms with Gasteiger partial charge in [-0.2, -0.15) is 5.10 Å². The molecule has 0 bridgehead atoms. The van der Waals surface area contributed by atoms with Crippen LogP contribution in [0.3, 0.4) is 0 Å². The summed E-state index contributed by atoms with van der Waals surface area (Å²) in [6.07, 6.45) is 3.12. The maximum atomic E-state index is 13.9. The number of carbonyl (C=O) groups excluding carboxylic acids is 3. The number of aromatic nitrogens is 3. The van der Waals surface area contributed by atoms with Gasteiger partial charge in [0, 0.05) is 24.4 Å². The molecule has 0 aliphatic rings. The molecule has 2 aromatic carbocycles. The molecule has 9 nitrogen and oxygen atoms in total. The fourth-order valence-corrected chi connectivity index (χ4v) is 3.69. The maximum absolute atomic E-state index is 13.9. The Kier molecular flexibility index (Phi) is 7.15. The molecule has 1 atom stereocenters. The number of primary amides is 1. The minimum atomic E-state index is -1.17. The Labute approximate surface area is 205 Å². The smallest absolute Gasteiger partial charge is 0.287 e. The van der Waals surface area contributed by atoms with Crippen LogP contribution in [-0.2, 0) is 16.0 Å². The standard InChI is InChI=1S/C26H22FN5O4/c1-36-22-10-9-17(27)15-19(22)20-11-13-32(31-20)25-18(8-5-12-29-25)26(35)30-21(23(33)24(28)34)14-16-6-3-2-4-7-16/h2-13,15,21H,14H2,1H3,(H2,28,34)(H,30,35). The number of hydrogen-bond donors (Lipinski definition) is 2. The molecule has 0 saturated carbocycles. The van der Waals surface area contributed by atoms with Gasteiger partial charge in [0.15, 0.2) is 5.82 Å². The molecule has 0 radical (unpaired) electrons. The highest BCUT2D eigenvalue weighted by Gasteiger charge is 2.27. The number of amides is 2. The highest BCUT2D eigenvalue weighted by Crippen LogP contribution is 2.29. The number of nitrogens with one attached hydrogen (secondary N) is 1. The Morgan fingerprint density at radius 1 is 1.08 bits per heavy atom. The highest BCUT2D eigenvalue weighted by molar-refractivity contribution is 6.38. The summed E-state index contributed by atoms with van der Waals surface area (Å²) >= 11 is 0. The van der Waals surface area contributed by atoms with E-state index in [2.05, 4.69) is 15.4 Å². The predicted molar refractivity (Wildman–Crippen MR) is 129 cm³/mol. The van der Waals surface area contributed by atoms with Crippen molar-refractivity contribution >= 4 is 17.6 Å². The highest BCUT2D eigenvalue weighted by atomic mass is 19.1. The van der Waals surface area contributed by atoms with Crippen LogP contribution in [0.2, 0.25) is 0 Å². The van der Waals surface area contributed by atoms with E-state index in [1.807, 2.05) is 6.07 Å². The molecule has 0 fully saturated rings. The van der Waals surface area contributed by atoms with Crippen molar-refractivity contribution in [3.8, 4) is 22.8 Å². The maximum Gasteiger partial charge on any atom is 0.287 e. The van der Waals surface area contributed by atoms with Crippen LogP contribution in [0.15, 0.2) is 79.1 Å². The van der Waals surface area contributed by atoms with Gasteiger partial charge in [0.2, 0.25) is 5.78 Å². The number of hydrogen-bond acceptors (Lipinski definition) is 6. The number of nitrogens with two attached hydrogens (primary N) is 1. The van der Waals surface area contributed by atoms with Crippen molar-refractivity contribution in [3.63, 3.8) is 0 Å². The van der Waals surface area contributed by atoms with Gasteiger partial charge in [0.05, 0.1) is 18.4 Å². The number of halogens is 1. The van der Waals surface area contributed by atoms with Crippen molar-refractivity contribution in [3.05, 3.63) is 96.1 Å². The van der Waals surface area contributed by atoms with E-state index >= 15 is 0 Å². The lowest BCUT2D eigenvalue weighted by Crippen LogP contribution is -2.47. The quantitative estimate of drug-likeness (QED) is 0.349. The molecule has 0 aliphatic carbocycles. The van der Waals surface area contributed by atoms with Gasteiger partial charge in [-0.15, -0.1) is 0 Å². The first-order valence-corrected chi connectivity index (χ1v) is 10.9. The number of Topliss-reactive ketones (excluding diaryl/α,β-unsaturated/α-hetero) is 1. The molecular formula is C26H22FN5O4. The Morgan fingerprint density at radius 3 is 2.58 bits per heavy atom. The number of ether oxygens (including phenoxy) is 1. The van der Waals surface area contributed by atoms with Gasteiger partial charge < -0.3 is 15.8 Å². The Bertz CT molecular complexity index is 1420. The number of benzene rings is 2. The second-order valence-electron chi connectivity index (χ2n) is 7.81. The molecule has 36 heavy (non-hydrogen) atoms. The average Bonchev–Trinajstić information content (AvgIpc) is 3.38. The zero-order valence-corrected chi connectivity index (χ0v) is 19.2. The van der Waals surface area contributed by atoms with Crippen LogP contribution < -0.4 is 15.8 Å². The molecule has 0 saturated heterocycles. The topological polar surface area (TPSA) is 129 Å². The van der Waals surface area contributed by atoms with Gasteiger partial charge in [-0.25, -0.2) is 14.1 Å². The van der Waals surface area contributed by atoms with Crippen molar-refractivity contribution in [2.45, 2.75) is 12.5 Å². The first-order valence-electron chi connectivity index (χ1n) is 10.9. The lowest BCUT2D eigenvalue weighted by atomic mass is 10.0. The van der Waals surface area contributed by atoms with Gasteiger partial charge in [-0.1, -0.05) is 30.3 Å². The minimum absolute atomic E-state index is 0.0786. The van der Waals surface area contributed by atoms with Crippen LogP contribution in [0.5, 0.6) is 5.75 Å². The summed E-state index contributed by atoms with van der Waals surface area (Å²) in [7, 11) is 1.47. The van der Waals surface area contributed by atoms with Crippen LogP contribution in [0.25, 0.3) is 17.1 Å². The Hall–Kier alpha value is -4.86. The van der Waals surface area contributed by atoms with E-state index in [0.717, 1.165) is 5.56 Å². The summed E-state index contributed by atoms with van der Waals surface area (Å²) in [5, 5.41) is 7.04. The number of ketones is 1. The molecule has 10 heteroatoms. The number of carbonyl (C=O) groups is 3. The first kappa shape index (κ1) is 24.3. The molecule has 1 unspecified atom stereocenters. The van der Waals surface area contributed by atoms with Gasteiger partial charge in [-0.05, 0) is 42.0 Å². The summed E-state index contributed by atoms with van der Waals surface area (Å²) in [6, 6.07) is 16.5. The second kappa shape index (κ2) is 10.6. The Morgan fingerprint density at radius 2 is 1.86 bits per heavy atom. The summed E-state index contributed by atoms with van der Waals surface area (Å²) in [6.45, 7) is 0. The predicted octanol–water partition coefficient (Wildman–Crippen LogP) is 2.48. The van der Waals surface area contributed by atoms with Crippen LogP contribution in [0.1, 0.15) is 15.9 Å². The lowest BCUT2D eigenvalue weighted by Gasteiger charge is -2.17. The van der Waals surface area contributed by atoms with Crippen molar-refractivity contribution < 1.29 is 23.5 Å². The van der Waals surface area contributed by atoms with Crippen molar-refractivity contribution in [2.24, 2.45) is 5.73 Å². The molecule has 2 aromatic heterocycles. The monoisotopic (exact) mass is 487 g/mol. The fraction of sp³-hybridized carbons (Fsp3) is 0.115. The van der Waals surface area contributed by atoms with E-state index < -0.39 is 29.5 Å².